The van der Waals surface area contributed by atoms with Crippen molar-refractivity contribution in [3.8, 4) is 64.0 Å². The van der Waals surface area contributed by atoms with Gasteiger partial charge in [0.1, 0.15) is 75.2 Å². The zero-order chi connectivity index (χ0) is 78.2. The van der Waals surface area contributed by atoms with E-state index in [1.54, 1.807) is 38.5 Å². The number of halogens is 8. The van der Waals surface area contributed by atoms with Gasteiger partial charge in [-0.05, 0) is 52.0 Å². The van der Waals surface area contributed by atoms with Crippen LogP contribution in [0.3, 0.4) is 0 Å². The number of carboxylic acids is 1. The molecule has 0 aromatic carbocycles. The molecule has 108 heavy (non-hydrogen) atoms. The van der Waals surface area contributed by atoms with Gasteiger partial charge in [-0.3, -0.25) is 29.1 Å². The number of pyridine rings is 2. The number of carboxylic acid groups (broad SMARTS) is 1. The number of H-pyrrole nitrogens is 1. The van der Waals surface area contributed by atoms with Gasteiger partial charge < -0.3 is 59.2 Å². The van der Waals surface area contributed by atoms with Crippen molar-refractivity contribution in [1.29, 1.82) is 0 Å². The summed E-state index contributed by atoms with van der Waals surface area (Å²) in [5, 5.41) is 44.7. The number of aromatic amines is 1. The number of esters is 2. The summed E-state index contributed by atoms with van der Waals surface area (Å²) in [6.07, 6.45) is 16.9. The number of aromatic carboxylic acids is 1. The van der Waals surface area contributed by atoms with E-state index in [0.29, 0.717) is 40.7 Å². The number of nitrogens with two attached hydrogens (primary N) is 1. The molecule has 0 aliphatic heterocycles. The Labute approximate surface area is 634 Å². The Morgan fingerprint density at radius 2 is 1.02 bits per heavy atom. The van der Waals surface area contributed by atoms with E-state index < -0.39 is 55.4 Å². The molecule has 12 rings (SSSR count). The second-order valence-corrected chi connectivity index (χ2v) is 20.0. The van der Waals surface area contributed by atoms with Gasteiger partial charge in [-0.25, -0.2) is 63.4 Å². The Morgan fingerprint density at radius 3 is 1.40 bits per heavy atom. The second-order valence-electron chi connectivity index (χ2n) is 19.6. The normalized spacial score (nSPS) is 11.0. The number of hydrogen-bond donors (Lipinski definition) is 4. The summed E-state index contributed by atoms with van der Waals surface area (Å²) in [7, 11) is 4.60. The summed E-state index contributed by atoms with van der Waals surface area (Å²) in [5.41, 5.74) is 6.48. The molecule has 0 saturated heterocycles. The first-order valence-corrected chi connectivity index (χ1v) is 30.2. The van der Waals surface area contributed by atoms with Crippen molar-refractivity contribution < 1.29 is 120 Å². The molecular weight excluding hydrogens is 1480 g/mol. The molecule has 0 aliphatic carbocycles. The molecule has 12 aromatic heterocycles. The van der Waals surface area contributed by atoms with E-state index in [0.717, 1.165) is 35.6 Å². The number of carbonyl (C=O) groups is 4. The molecule has 566 valence electrons. The van der Waals surface area contributed by atoms with Crippen molar-refractivity contribution in [2.24, 2.45) is 0 Å². The predicted molar refractivity (Wildman–Crippen MR) is 358 cm³/mol. The van der Waals surface area contributed by atoms with Gasteiger partial charge in [-0.2, -0.15) is 31.4 Å². The van der Waals surface area contributed by atoms with E-state index in [-0.39, 0.29) is 111 Å². The molecule has 38 nitrogen and oxygen atoms in total. The van der Waals surface area contributed by atoms with Crippen molar-refractivity contribution >= 4 is 47.1 Å². The largest absolute Gasteiger partial charge is 1.00 e. The molecule has 0 aliphatic rings. The van der Waals surface area contributed by atoms with Gasteiger partial charge >= 0.3 is 59.8 Å². The molecule has 12 heterocycles. The molecule has 0 spiro atoms. The van der Waals surface area contributed by atoms with Gasteiger partial charge in [0.05, 0.1) is 93.6 Å². The molecule has 0 unspecified atom stereocenters. The fourth-order valence-corrected chi connectivity index (χ4v) is 8.06. The van der Waals surface area contributed by atoms with Gasteiger partial charge in [-0.1, -0.05) is 23.7 Å². The van der Waals surface area contributed by atoms with Crippen LogP contribution in [0.2, 0.25) is 5.15 Å². The molecule has 12 aromatic rings. The smallest absolute Gasteiger partial charge is 0.870 e. The van der Waals surface area contributed by atoms with Crippen LogP contribution in [0.5, 0.6) is 23.5 Å². The van der Waals surface area contributed by atoms with Crippen LogP contribution in [0, 0.1) is 0 Å². The Hall–Kier alpha value is -12.6. The minimum absolute atomic E-state index is 0. The Bertz CT molecular complexity index is 4750. The van der Waals surface area contributed by atoms with E-state index in [4.69, 9.17) is 52.2 Å². The van der Waals surface area contributed by atoms with Crippen LogP contribution in [0.4, 0.5) is 42.4 Å². The minimum atomic E-state index is -4.50. The summed E-state index contributed by atoms with van der Waals surface area (Å²) < 4.78 is 128. The summed E-state index contributed by atoms with van der Waals surface area (Å²) in [4.78, 5) is 85.9. The Kier molecular flexibility index (Phi) is 34.2. The number of hydrogen-bond acceptors (Lipinski definition) is 30. The molecule has 0 radical (unpaired) electrons. The van der Waals surface area contributed by atoms with Crippen LogP contribution >= 0.6 is 11.6 Å². The van der Waals surface area contributed by atoms with Gasteiger partial charge in [0.25, 0.3) is 5.91 Å². The number of carbonyl (C=O) groups excluding carboxylic acids is 3. The monoisotopic (exact) mass is 1540 g/mol. The topological polar surface area (TPSA) is 484 Å². The van der Waals surface area contributed by atoms with Crippen molar-refractivity contribution in [3.05, 3.63) is 176 Å². The van der Waals surface area contributed by atoms with Crippen LogP contribution in [0.25, 0.3) is 40.5 Å². The molecule has 47 heteroatoms. The maximum Gasteiger partial charge on any atom is 1.00 e. The van der Waals surface area contributed by atoms with Crippen LogP contribution in [0.1, 0.15) is 82.6 Å². The summed E-state index contributed by atoms with van der Waals surface area (Å²) in [5.74, 6) is -0.498. The first-order valence-electron chi connectivity index (χ1n) is 30.5. The van der Waals surface area contributed by atoms with Gasteiger partial charge in [0.15, 0.2) is 29.1 Å². The third-order valence-corrected chi connectivity index (χ3v) is 13.1. The van der Waals surface area contributed by atoms with E-state index in [9.17, 15) is 49.9 Å². The van der Waals surface area contributed by atoms with E-state index in [2.05, 4.69) is 101 Å². The van der Waals surface area contributed by atoms with Gasteiger partial charge in [0, 0.05) is 55.8 Å². The standard InChI is InChI=1S/C19H16F3N9O2.C11H12N4O3.C10H10F3N5.C9H8N4O3.C7H10N2O3.C4H3ClN2.CH3F.Na.H2O/c1-11(19(20,21)22)30-10-25-28-16(30)13-4-3-5-14(26-13)27-17(32)12-9-31(29-18(12)33-2)15-8-23-6-7-24-15;1-3-18-11(16)8-7-15(14-10(8)17-2)9-6-12-4-5-13-9;1-6(10(11,12)13)18-5-15-17-9(18)7-3-2-4-8(14)16-7;1-16-8-6(9(14)15)5-13(12-8)7-4-10-2-3-11-7;1-3-12-7(10)5-4-8-9-6(5)11-2;5-4-3-6-1-2-7-4;1-2;;/h3-11H,1-2H3,(H,26,27,32);4-7H,3H2,1-2H3;2-6H,1H3,(H2,14,16);2-5H,1H3,(H,14,15);4H,3H2,1-2H3,(H,8,9);1-3H;1H3;;1H2/q;;;;;;;+1;/p-1/t11-;;6-;;;;;;/m0.0....../s1/i;;;;;;1D;;. The summed E-state index contributed by atoms with van der Waals surface area (Å²) in [6.45, 7) is 6.12. The number of anilines is 2. The summed E-state index contributed by atoms with van der Waals surface area (Å²) in [6, 6.07) is 5.53. The van der Waals surface area contributed by atoms with Gasteiger partial charge in [-0.15, -0.1) is 35.7 Å². The van der Waals surface area contributed by atoms with Crippen molar-refractivity contribution in [2.75, 3.05) is 59.9 Å². The second kappa shape index (κ2) is 43.0. The average molecular weight is 1540 g/mol. The van der Waals surface area contributed by atoms with Crippen molar-refractivity contribution in [2.45, 2.75) is 52.1 Å². The zero-order valence-corrected chi connectivity index (χ0v) is 60.8. The third-order valence-electron chi connectivity index (χ3n) is 12.9. The van der Waals surface area contributed by atoms with Gasteiger partial charge in [0.2, 0.25) is 23.5 Å². The predicted octanol–water partition coefficient (Wildman–Crippen LogP) is 5.10. The number of aromatic nitrogens is 24. The number of nitrogen functional groups attached to an aromatic ring is 1. The van der Waals surface area contributed by atoms with Crippen LogP contribution in [-0.4, -0.2) is 214 Å². The first-order chi connectivity index (χ1) is 51.2. The number of ether oxygens (including phenoxy) is 6. The van der Waals surface area contributed by atoms with E-state index in [1.807, 2.05) is 0 Å². The van der Waals surface area contributed by atoms with Crippen LogP contribution in [-0.2, 0) is 9.47 Å². The quantitative estimate of drug-likeness (QED) is 0.0493. The number of amides is 1. The van der Waals surface area contributed by atoms with Crippen LogP contribution < -0.4 is 59.6 Å². The number of nitrogens with one attached hydrogen (secondary N) is 2. The first kappa shape index (κ1) is 86.0. The Balaban J connectivity index is 0.000000288. The molecule has 0 saturated carbocycles. The maximum atomic E-state index is 13.2. The average Bonchev–Trinajstić information content (AvgIpc) is 1.78. The molecule has 2 atom stereocenters. The fourth-order valence-electron chi connectivity index (χ4n) is 7.95. The maximum absolute atomic E-state index is 13.2. The summed E-state index contributed by atoms with van der Waals surface area (Å²) >= 11 is 5.37. The minimum Gasteiger partial charge on any atom is -0.870 e. The molecule has 1 amide bonds. The van der Waals surface area contributed by atoms with E-state index in [1.165, 1.54) is 153 Å². The number of alkyl halides is 7. The number of rotatable bonds is 18. The SMILES string of the molecule is CCOC(=O)c1cn(-c2cnccn2)nc1OC.CCOC(=O)c1cn[nH]c1OC.COc1nn(-c2cnccn2)cc1C(=O)Nc1cccc(-c2nncn2[C@@H](C)C(F)(F)F)n1.COc1nn(-c2cnccn2)cc1C(=O)O.C[C@H](n1cnnc1-c1cccc(N)n1)C(F)(F)F.Clc1cnccn1.[2H]CF.[Na+].[OH-]. The van der Waals surface area contributed by atoms with E-state index >= 15 is 0 Å². The van der Waals surface area contributed by atoms with Crippen molar-refractivity contribution in [1.82, 2.24) is 119 Å². The Morgan fingerprint density at radius 1 is 0.602 bits per heavy atom. The molecule has 6 N–H and O–H groups in total. The fraction of sp³-hybridized carbons (Fsp3) is 0.246. The molecule has 0 bridgehead atoms. The zero-order valence-electron chi connectivity index (χ0n) is 59.0. The van der Waals surface area contributed by atoms with Crippen molar-refractivity contribution in [3.63, 3.8) is 0 Å². The number of nitrogens with zero attached hydrogens (tertiary/aromatic N) is 23. The number of methoxy groups -OCH3 is 4. The third kappa shape index (κ3) is 24.8. The van der Waals surface area contributed by atoms with Crippen LogP contribution in [0.15, 0.2) is 148 Å². The molecule has 0 fully saturated rings. The molecular formula is C61H63ClF7N26NaO12.